The van der Waals surface area contributed by atoms with Crippen LogP contribution in [0.15, 0.2) is 18.2 Å². The molecule has 1 N–H and O–H groups in total. The van der Waals surface area contributed by atoms with Crippen molar-refractivity contribution in [3.05, 3.63) is 35.4 Å². The van der Waals surface area contributed by atoms with E-state index in [1.807, 2.05) is 0 Å². The highest BCUT2D eigenvalue weighted by Gasteiger charge is 2.24. The Kier molecular flexibility index (Phi) is 6.36. The second-order valence-corrected chi connectivity index (χ2v) is 4.93. The molecule has 1 aromatic rings. The third-order valence-corrected chi connectivity index (χ3v) is 3.41. The highest BCUT2D eigenvalue weighted by molar-refractivity contribution is 5.85. The number of hydrogen-bond donors (Lipinski definition) is 1. The summed E-state index contributed by atoms with van der Waals surface area (Å²) in [5, 5.41) is 3.16. The number of rotatable bonds is 3. The lowest BCUT2D eigenvalue weighted by Gasteiger charge is -2.27. The van der Waals surface area contributed by atoms with Crippen LogP contribution in [0.3, 0.4) is 0 Å². The summed E-state index contributed by atoms with van der Waals surface area (Å²) in [5.41, 5.74) is 0.327. The first-order valence-electron chi connectivity index (χ1n) is 6.50. The normalized spacial score (nSPS) is 18.2. The molecule has 1 amide bonds. The van der Waals surface area contributed by atoms with Crippen LogP contribution in [0.25, 0.3) is 0 Å². The number of piperidine rings is 1. The fraction of sp³-hybridized carbons (Fsp3) is 0.500. The summed E-state index contributed by atoms with van der Waals surface area (Å²) in [4.78, 5) is 13.6. The molecule has 1 aliphatic heterocycles. The van der Waals surface area contributed by atoms with Crippen LogP contribution in [-0.4, -0.2) is 30.4 Å². The number of carbonyl (C=O) groups is 1. The number of likely N-dealkylation sites (N-methyl/N-ethyl adjacent to an activating group) is 1. The van der Waals surface area contributed by atoms with Gasteiger partial charge in [-0.25, -0.2) is 8.78 Å². The molecule has 1 aliphatic rings. The second kappa shape index (κ2) is 7.55. The number of carbonyl (C=O) groups excluding carboxylic acids is 1. The molecule has 1 saturated heterocycles. The molecule has 1 fully saturated rings. The Hall–Kier alpha value is -1.20. The minimum Gasteiger partial charge on any atom is -0.340 e. The van der Waals surface area contributed by atoms with Crippen molar-refractivity contribution in [2.24, 2.45) is 0 Å². The SMILES string of the molecule is CN(Cc1ccc(F)cc1F)C(=O)[C@@H]1CCCCN1.Cl. The number of nitrogens with zero attached hydrogens (tertiary/aromatic N) is 1. The molecule has 0 aromatic heterocycles. The van der Waals surface area contributed by atoms with Crippen LogP contribution in [-0.2, 0) is 11.3 Å². The van der Waals surface area contributed by atoms with Crippen LogP contribution in [0.2, 0.25) is 0 Å². The lowest BCUT2D eigenvalue weighted by atomic mass is 10.0. The Morgan fingerprint density at radius 2 is 2.15 bits per heavy atom. The number of benzene rings is 1. The van der Waals surface area contributed by atoms with E-state index in [1.54, 1.807) is 7.05 Å². The van der Waals surface area contributed by atoms with Crippen molar-refractivity contribution in [1.29, 1.82) is 0 Å². The van der Waals surface area contributed by atoms with E-state index in [0.717, 1.165) is 31.9 Å². The molecule has 3 nitrogen and oxygen atoms in total. The predicted octanol–water partition coefficient (Wildman–Crippen LogP) is 2.49. The standard InChI is InChI=1S/C14H18F2N2O.ClH/c1-18(14(19)13-4-2-3-7-17-13)9-10-5-6-11(15)8-12(10)16;/h5-6,8,13,17H,2-4,7,9H2,1H3;1H/t13-;/m0./s1. The Morgan fingerprint density at radius 3 is 2.75 bits per heavy atom. The topological polar surface area (TPSA) is 32.3 Å². The lowest BCUT2D eigenvalue weighted by molar-refractivity contribution is -0.133. The second-order valence-electron chi connectivity index (χ2n) is 4.93. The van der Waals surface area contributed by atoms with Gasteiger partial charge in [-0.3, -0.25) is 4.79 Å². The molecule has 1 aromatic carbocycles. The van der Waals surface area contributed by atoms with Gasteiger partial charge in [-0.05, 0) is 25.5 Å². The third-order valence-electron chi connectivity index (χ3n) is 3.41. The Balaban J connectivity index is 0.00000200. The van der Waals surface area contributed by atoms with Crippen LogP contribution in [0.5, 0.6) is 0 Å². The number of halogens is 3. The molecular weight excluding hydrogens is 286 g/mol. The van der Waals surface area contributed by atoms with E-state index >= 15 is 0 Å². The van der Waals surface area contributed by atoms with Crippen LogP contribution < -0.4 is 5.32 Å². The Morgan fingerprint density at radius 1 is 1.40 bits per heavy atom. The minimum atomic E-state index is -0.615. The summed E-state index contributed by atoms with van der Waals surface area (Å²) in [6.45, 7) is 0.998. The van der Waals surface area contributed by atoms with Gasteiger partial charge in [0.1, 0.15) is 11.6 Å². The maximum absolute atomic E-state index is 13.5. The van der Waals surface area contributed by atoms with Crippen molar-refractivity contribution in [1.82, 2.24) is 10.2 Å². The van der Waals surface area contributed by atoms with Crippen LogP contribution >= 0.6 is 12.4 Å². The Labute approximate surface area is 123 Å². The fourth-order valence-electron chi connectivity index (χ4n) is 2.31. The van der Waals surface area contributed by atoms with Gasteiger partial charge in [0, 0.05) is 25.2 Å². The van der Waals surface area contributed by atoms with Crippen molar-refractivity contribution < 1.29 is 13.6 Å². The van der Waals surface area contributed by atoms with E-state index in [1.165, 1.54) is 17.0 Å². The summed E-state index contributed by atoms with van der Waals surface area (Å²) in [6.07, 6.45) is 2.93. The molecule has 0 unspecified atom stereocenters. The van der Waals surface area contributed by atoms with Crippen LogP contribution in [0, 0.1) is 11.6 Å². The average Bonchev–Trinajstić information content (AvgIpc) is 2.42. The van der Waals surface area contributed by atoms with Gasteiger partial charge in [-0.2, -0.15) is 0 Å². The average molecular weight is 305 g/mol. The van der Waals surface area contributed by atoms with Crippen molar-refractivity contribution in [3.63, 3.8) is 0 Å². The summed E-state index contributed by atoms with van der Waals surface area (Å²) in [6, 6.07) is 3.24. The number of amides is 1. The zero-order valence-electron chi connectivity index (χ0n) is 11.4. The molecule has 0 spiro atoms. The largest absolute Gasteiger partial charge is 0.340 e. The predicted molar refractivity (Wildman–Crippen MR) is 75.7 cm³/mol. The quantitative estimate of drug-likeness (QED) is 0.930. The molecule has 0 radical (unpaired) electrons. The highest BCUT2D eigenvalue weighted by atomic mass is 35.5. The smallest absolute Gasteiger partial charge is 0.239 e. The molecule has 20 heavy (non-hydrogen) atoms. The van der Waals surface area contributed by atoms with Gasteiger partial charge in [0.25, 0.3) is 0 Å². The molecule has 0 bridgehead atoms. The first-order chi connectivity index (χ1) is 9.08. The van der Waals surface area contributed by atoms with Crippen molar-refractivity contribution in [2.75, 3.05) is 13.6 Å². The van der Waals surface area contributed by atoms with Crippen molar-refractivity contribution in [3.8, 4) is 0 Å². The molecule has 112 valence electrons. The maximum Gasteiger partial charge on any atom is 0.239 e. The summed E-state index contributed by atoms with van der Waals surface area (Å²) < 4.78 is 26.3. The summed E-state index contributed by atoms with van der Waals surface area (Å²) in [7, 11) is 1.64. The van der Waals surface area contributed by atoms with Gasteiger partial charge in [0.05, 0.1) is 6.04 Å². The molecular formula is C14H19ClF2N2O. The number of hydrogen-bond acceptors (Lipinski definition) is 2. The first kappa shape index (κ1) is 16.9. The Bertz CT molecular complexity index is 464. The van der Waals surface area contributed by atoms with E-state index in [2.05, 4.69) is 5.32 Å². The highest BCUT2D eigenvalue weighted by Crippen LogP contribution is 2.14. The maximum atomic E-state index is 13.5. The first-order valence-corrected chi connectivity index (χ1v) is 6.50. The van der Waals surface area contributed by atoms with Gasteiger partial charge >= 0.3 is 0 Å². The van der Waals surface area contributed by atoms with Crippen LogP contribution in [0.1, 0.15) is 24.8 Å². The monoisotopic (exact) mass is 304 g/mol. The van der Waals surface area contributed by atoms with Gasteiger partial charge in [-0.1, -0.05) is 12.5 Å². The van der Waals surface area contributed by atoms with Gasteiger partial charge in [0.15, 0.2) is 0 Å². The number of nitrogens with one attached hydrogen (secondary N) is 1. The minimum absolute atomic E-state index is 0. The van der Waals surface area contributed by atoms with Gasteiger partial charge < -0.3 is 10.2 Å². The van der Waals surface area contributed by atoms with Crippen molar-refractivity contribution >= 4 is 18.3 Å². The van der Waals surface area contributed by atoms with Crippen LogP contribution in [0.4, 0.5) is 8.78 Å². The molecule has 1 atom stereocenters. The fourth-order valence-corrected chi connectivity index (χ4v) is 2.31. The zero-order valence-corrected chi connectivity index (χ0v) is 12.2. The lowest BCUT2D eigenvalue weighted by Crippen LogP contribution is -2.47. The van der Waals surface area contributed by atoms with E-state index in [9.17, 15) is 13.6 Å². The molecule has 6 heteroatoms. The van der Waals surface area contributed by atoms with E-state index in [0.29, 0.717) is 5.56 Å². The van der Waals surface area contributed by atoms with E-state index in [-0.39, 0.29) is 30.9 Å². The summed E-state index contributed by atoms with van der Waals surface area (Å²) in [5.74, 6) is -1.26. The van der Waals surface area contributed by atoms with E-state index < -0.39 is 11.6 Å². The van der Waals surface area contributed by atoms with Gasteiger partial charge in [0.2, 0.25) is 5.91 Å². The third kappa shape index (κ3) is 4.15. The van der Waals surface area contributed by atoms with Crippen molar-refractivity contribution in [2.45, 2.75) is 31.8 Å². The molecule has 1 heterocycles. The molecule has 0 aliphatic carbocycles. The summed E-state index contributed by atoms with van der Waals surface area (Å²) >= 11 is 0. The molecule has 2 rings (SSSR count). The zero-order chi connectivity index (χ0) is 13.8. The van der Waals surface area contributed by atoms with Gasteiger partial charge in [-0.15, -0.1) is 12.4 Å². The van der Waals surface area contributed by atoms with E-state index in [4.69, 9.17) is 0 Å². The molecule has 0 saturated carbocycles.